The fourth-order valence-electron chi connectivity index (χ4n) is 2.52. The Bertz CT molecular complexity index is 150. The third-order valence-electron chi connectivity index (χ3n) is 3.45. The molecule has 1 fully saturated rings. The Labute approximate surface area is 94.5 Å². The molecular formula is C13H27NO. The van der Waals surface area contributed by atoms with Crippen LogP contribution in [0, 0.1) is 11.8 Å². The van der Waals surface area contributed by atoms with Crippen LogP contribution in [-0.2, 0) is 0 Å². The highest BCUT2D eigenvalue weighted by atomic mass is 16.3. The molecule has 2 unspecified atom stereocenters. The molecule has 90 valence electrons. The number of nitrogens with one attached hydrogen (secondary N) is 1. The van der Waals surface area contributed by atoms with Gasteiger partial charge in [0.25, 0.3) is 0 Å². The van der Waals surface area contributed by atoms with Crippen molar-refractivity contribution >= 4 is 0 Å². The summed E-state index contributed by atoms with van der Waals surface area (Å²) >= 11 is 0. The molecule has 1 saturated carbocycles. The number of aliphatic hydroxyl groups is 1. The second-order valence-corrected chi connectivity index (χ2v) is 5.53. The van der Waals surface area contributed by atoms with Gasteiger partial charge >= 0.3 is 0 Å². The predicted octanol–water partition coefficient (Wildman–Crippen LogP) is 2.56. The van der Waals surface area contributed by atoms with Crippen molar-refractivity contribution in [2.45, 2.75) is 65.0 Å². The Balaban J connectivity index is 2.23. The van der Waals surface area contributed by atoms with Crippen molar-refractivity contribution in [1.82, 2.24) is 5.32 Å². The molecule has 0 heterocycles. The lowest BCUT2D eigenvalue weighted by Crippen LogP contribution is -2.37. The third kappa shape index (κ3) is 4.98. The van der Waals surface area contributed by atoms with Crippen LogP contribution in [-0.4, -0.2) is 23.8 Å². The molecule has 1 aliphatic carbocycles. The standard InChI is InChI=1S/C13H27NO/c1-10(2)7-8-12-5-4-6-13(12)14-9-11(3)15/h10-15H,4-9H2,1-3H3/t11-,12?,13?/m0/s1. The van der Waals surface area contributed by atoms with Gasteiger partial charge in [0.2, 0.25) is 0 Å². The van der Waals surface area contributed by atoms with E-state index in [-0.39, 0.29) is 6.10 Å². The van der Waals surface area contributed by atoms with E-state index in [0.29, 0.717) is 6.04 Å². The van der Waals surface area contributed by atoms with Crippen LogP contribution in [0.2, 0.25) is 0 Å². The summed E-state index contributed by atoms with van der Waals surface area (Å²) < 4.78 is 0. The summed E-state index contributed by atoms with van der Waals surface area (Å²) in [4.78, 5) is 0. The Morgan fingerprint density at radius 3 is 2.60 bits per heavy atom. The minimum Gasteiger partial charge on any atom is -0.392 e. The van der Waals surface area contributed by atoms with Gasteiger partial charge in [0.05, 0.1) is 6.10 Å². The average Bonchev–Trinajstić information content (AvgIpc) is 2.58. The first-order valence-corrected chi connectivity index (χ1v) is 6.51. The maximum atomic E-state index is 9.25. The molecule has 0 aliphatic heterocycles. The molecule has 0 bridgehead atoms. The lowest BCUT2D eigenvalue weighted by Gasteiger charge is -2.22. The van der Waals surface area contributed by atoms with Gasteiger partial charge in [-0.2, -0.15) is 0 Å². The Kier molecular flexibility index (Phi) is 5.62. The average molecular weight is 213 g/mol. The van der Waals surface area contributed by atoms with Gasteiger partial charge in [0.15, 0.2) is 0 Å². The summed E-state index contributed by atoms with van der Waals surface area (Å²) in [5, 5.41) is 12.8. The molecule has 0 aromatic rings. The molecule has 1 rings (SSSR count). The highest BCUT2D eigenvalue weighted by molar-refractivity contribution is 4.83. The first kappa shape index (κ1) is 13.0. The Hall–Kier alpha value is -0.0800. The summed E-state index contributed by atoms with van der Waals surface area (Å²) in [7, 11) is 0. The molecular weight excluding hydrogens is 186 g/mol. The van der Waals surface area contributed by atoms with E-state index >= 15 is 0 Å². The minimum absolute atomic E-state index is 0.212. The number of aliphatic hydroxyl groups excluding tert-OH is 1. The van der Waals surface area contributed by atoms with E-state index in [1.165, 1.54) is 32.1 Å². The largest absolute Gasteiger partial charge is 0.392 e. The maximum absolute atomic E-state index is 9.25. The van der Waals surface area contributed by atoms with Crippen LogP contribution in [0.4, 0.5) is 0 Å². The van der Waals surface area contributed by atoms with Gasteiger partial charge < -0.3 is 10.4 Å². The quantitative estimate of drug-likeness (QED) is 0.711. The highest BCUT2D eigenvalue weighted by Crippen LogP contribution is 2.30. The van der Waals surface area contributed by atoms with Crippen molar-refractivity contribution in [3.8, 4) is 0 Å². The van der Waals surface area contributed by atoms with Crippen molar-refractivity contribution in [3.05, 3.63) is 0 Å². The summed E-state index contributed by atoms with van der Waals surface area (Å²) in [5.74, 6) is 1.68. The summed E-state index contributed by atoms with van der Waals surface area (Å²) in [5.41, 5.74) is 0. The molecule has 0 spiro atoms. The van der Waals surface area contributed by atoms with Crippen LogP contribution in [0.3, 0.4) is 0 Å². The van der Waals surface area contributed by atoms with Gasteiger partial charge in [0.1, 0.15) is 0 Å². The molecule has 1 aliphatic rings. The van der Waals surface area contributed by atoms with E-state index in [1.54, 1.807) is 0 Å². The second kappa shape index (κ2) is 6.49. The normalized spacial score (nSPS) is 28.6. The maximum Gasteiger partial charge on any atom is 0.0636 e. The van der Waals surface area contributed by atoms with Crippen molar-refractivity contribution in [2.75, 3.05) is 6.54 Å². The molecule has 0 amide bonds. The van der Waals surface area contributed by atoms with Gasteiger partial charge in [-0.3, -0.25) is 0 Å². The van der Waals surface area contributed by atoms with Crippen molar-refractivity contribution < 1.29 is 5.11 Å². The van der Waals surface area contributed by atoms with Crippen LogP contribution in [0.1, 0.15) is 52.9 Å². The zero-order valence-electron chi connectivity index (χ0n) is 10.5. The van der Waals surface area contributed by atoms with E-state index in [2.05, 4.69) is 19.2 Å². The predicted molar refractivity (Wildman–Crippen MR) is 64.9 cm³/mol. The molecule has 2 nitrogen and oxygen atoms in total. The molecule has 15 heavy (non-hydrogen) atoms. The fraction of sp³-hybridized carbons (Fsp3) is 1.00. The zero-order chi connectivity index (χ0) is 11.3. The van der Waals surface area contributed by atoms with Crippen LogP contribution in [0.15, 0.2) is 0 Å². The van der Waals surface area contributed by atoms with Gasteiger partial charge in [-0.1, -0.05) is 26.7 Å². The molecule has 0 saturated heterocycles. The first-order valence-electron chi connectivity index (χ1n) is 6.51. The van der Waals surface area contributed by atoms with E-state index in [1.807, 2.05) is 6.92 Å². The zero-order valence-corrected chi connectivity index (χ0v) is 10.5. The number of rotatable bonds is 6. The lowest BCUT2D eigenvalue weighted by molar-refractivity contribution is 0.180. The number of hydrogen-bond acceptors (Lipinski definition) is 2. The van der Waals surface area contributed by atoms with Crippen molar-refractivity contribution in [1.29, 1.82) is 0 Å². The lowest BCUT2D eigenvalue weighted by atomic mass is 9.93. The van der Waals surface area contributed by atoms with E-state index in [4.69, 9.17) is 0 Å². The Morgan fingerprint density at radius 1 is 1.27 bits per heavy atom. The number of hydrogen-bond donors (Lipinski definition) is 2. The topological polar surface area (TPSA) is 32.3 Å². The van der Waals surface area contributed by atoms with Gasteiger partial charge in [-0.15, -0.1) is 0 Å². The van der Waals surface area contributed by atoms with Crippen molar-refractivity contribution in [2.24, 2.45) is 11.8 Å². The molecule has 2 N–H and O–H groups in total. The SMILES string of the molecule is CC(C)CCC1CCCC1NC[C@H](C)O. The van der Waals surface area contributed by atoms with Gasteiger partial charge in [-0.25, -0.2) is 0 Å². The van der Waals surface area contributed by atoms with Crippen molar-refractivity contribution in [3.63, 3.8) is 0 Å². The van der Waals surface area contributed by atoms with Crippen LogP contribution in [0.5, 0.6) is 0 Å². The first-order chi connectivity index (χ1) is 7.09. The Morgan fingerprint density at radius 2 is 2.00 bits per heavy atom. The molecule has 0 radical (unpaired) electrons. The second-order valence-electron chi connectivity index (χ2n) is 5.53. The van der Waals surface area contributed by atoms with Crippen LogP contribution >= 0.6 is 0 Å². The van der Waals surface area contributed by atoms with E-state index in [0.717, 1.165) is 18.4 Å². The monoisotopic (exact) mass is 213 g/mol. The summed E-state index contributed by atoms with van der Waals surface area (Å²) in [6.45, 7) is 7.20. The highest BCUT2D eigenvalue weighted by Gasteiger charge is 2.26. The summed E-state index contributed by atoms with van der Waals surface area (Å²) in [6.07, 6.45) is 6.53. The minimum atomic E-state index is -0.212. The van der Waals surface area contributed by atoms with E-state index in [9.17, 15) is 5.11 Å². The molecule has 3 atom stereocenters. The van der Waals surface area contributed by atoms with Crippen LogP contribution < -0.4 is 5.32 Å². The molecule has 0 aromatic heterocycles. The van der Waals surface area contributed by atoms with E-state index < -0.39 is 0 Å². The van der Waals surface area contributed by atoms with Crippen LogP contribution in [0.25, 0.3) is 0 Å². The fourth-order valence-corrected chi connectivity index (χ4v) is 2.52. The third-order valence-corrected chi connectivity index (χ3v) is 3.45. The summed E-state index contributed by atoms with van der Waals surface area (Å²) in [6, 6.07) is 0.665. The van der Waals surface area contributed by atoms with Gasteiger partial charge in [0, 0.05) is 12.6 Å². The van der Waals surface area contributed by atoms with Gasteiger partial charge in [-0.05, 0) is 38.0 Å². The molecule has 0 aromatic carbocycles. The smallest absolute Gasteiger partial charge is 0.0636 e. The molecule has 2 heteroatoms.